The molecule has 0 bridgehead atoms. The van der Waals surface area contributed by atoms with E-state index >= 15 is 0 Å². The highest BCUT2D eigenvalue weighted by Crippen LogP contribution is 2.26. The average Bonchev–Trinajstić information content (AvgIpc) is 1.88. The summed E-state index contributed by atoms with van der Waals surface area (Å²) in [6, 6.07) is 0. The fraction of sp³-hybridized carbons (Fsp3) is 0.250. The maximum absolute atomic E-state index is 11.6. The smallest absolute Gasteiger partial charge is 0.166 e. The first-order chi connectivity index (χ1) is 4.61. The number of hydrogen-bond donors (Lipinski definition) is 0. The van der Waals surface area contributed by atoms with Gasteiger partial charge in [0.1, 0.15) is 11.8 Å². The van der Waals surface area contributed by atoms with Crippen LogP contribution in [0.15, 0.2) is 6.20 Å². The van der Waals surface area contributed by atoms with Crippen LogP contribution in [0, 0.1) is 6.20 Å². The van der Waals surface area contributed by atoms with Crippen molar-refractivity contribution in [3.8, 4) is 0 Å². The SMILES string of the molecule is FC(F)(F)c1[c]nnnc1. The van der Waals surface area contributed by atoms with Gasteiger partial charge in [-0.2, -0.15) is 13.2 Å². The molecule has 0 spiro atoms. The van der Waals surface area contributed by atoms with Gasteiger partial charge >= 0.3 is 6.18 Å². The molecule has 1 aromatic heterocycles. The Morgan fingerprint density at radius 1 is 1.40 bits per heavy atom. The molecule has 6 heteroatoms. The Balaban J connectivity index is 2.97. The molecule has 53 valence electrons. The van der Waals surface area contributed by atoms with Crippen molar-refractivity contribution in [1.29, 1.82) is 0 Å². The molecule has 0 aliphatic heterocycles. The maximum Gasteiger partial charge on any atom is 0.420 e. The number of alkyl halides is 3. The highest BCUT2D eigenvalue weighted by molar-refractivity contribution is 5.03. The Labute approximate surface area is 53.9 Å². The Hall–Kier alpha value is -1.20. The summed E-state index contributed by atoms with van der Waals surface area (Å²) in [5.74, 6) is 0. The highest BCUT2D eigenvalue weighted by Gasteiger charge is 2.31. The van der Waals surface area contributed by atoms with Crippen LogP contribution in [0.1, 0.15) is 5.56 Å². The Kier molecular flexibility index (Phi) is 1.52. The van der Waals surface area contributed by atoms with Gasteiger partial charge in [-0.1, -0.05) is 0 Å². The second-order valence-electron chi connectivity index (χ2n) is 1.46. The second kappa shape index (κ2) is 2.20. The lowest BCUT2D eigenvalue weighted by Crippen LogP contribution is -2.06. The first-order valence-corrected chi connectivity index (χ1v) is 2.24. The predicted octanol–water partition coefficient (Wildman–Crippen LogP) is 0.691. The Morgan fingerprint density at radius 2 is 2.10 bits per heavy atom. The molecule has 0 N–H and O–H groups in total. The molecule has 0 unspecified atom stereocenters. The molecule has 0 atom stereocenters. The summed E-state index contributed by atoms with van der Waals surface area (Å²) in [7, 11) is 0. The fourth-order valence-corrected chi connectivity index (χ4v) is 0.351. The first-order valence-electron chi connectivity index (χ1n) is 2.24. The van der Waals surface area contributed by atoms with Crippen molar-refractivity contribution in [2.75, 3.05) is 0 Å². The van der Waals surface area contributed by atoms with Gasteiger partial charge in [-0.3, -0.25) is 0 Å². The van der Waals surface area contributed by atoms with Crippen LogP contribution < -0.4 is 0 Å². The zero-order valence-electron chi connectivity index (χ0n) is 4.55. The van der Waals surface area contributed by atoms with Crippen molar-refractivity contribution in [1.82, 2.24) is 15.4 Å². The topological polar surface area (TPSA) is 38.7 Å². The molecule has 3 nitrogen and oxygen atoms in total. The van der Waals surface area contributed by atoms with E-state index in [0.717, 1.165) is 0 Å². The number of aromatic nitrogens is 3. The molecule has 0 saturated carbocycles. The standard InChI is InChI=1S/C4HF3N3/c5-4(6,7)3-1-8-10-9-2-3/h1H. The van der Waals surface area contributed by atoms with Crippen molar-refractivity contribution in [2.24, 2.45) is 0 Å². The minimum atomic E-state index is -4.43. The molecule has 0 saturated heterocycles. The highest BCUT2D eigenvalue weighted by atomic mass is 19.4. The quantitative estimate of drug-likeness (QED) is 0.543. The van der Waals surface area contributed by atoms with Crippen molar-refractivity contribution in [2.45, 2.75) is 6.18 Å². The third kappa shape index (κ3) is 1.40. The van der Waals surface area contributed by atoms with Gasteiger partial charge in [0.25, 0.3) is 0 Å². The molecule has 0 fully saturated rings. The summed E-state index contributed by atoms with van der Waals surface area (Å²) in [6.07, 6.45) is -2.21. The van der Waals surface area contributed by atoms with Gasteiger partial charge in [0, 0.05) is 0 Å². The molecular weight excluding hydrogens is 147 g/mol. The Bertz CT molecular complexity index is 207. The summed E-state index contributed by atoms with van der Waals surface area (Å²) in [4.78, 5) is 0. The van der Waals surface area contributed by atoms with E-state index in [1.165, 1.54) is 0 Å². The number of nitrogens with zero attached hydrogens (tertiary/aromatic N) is 3. The van der Waals surface area contributed by atoms with Gasteiger partial charge in [0.15, 0.2) is 0 Å². The Morgan fingerprint density at radius 3 is 2.40 bits per heavy atom. The number of hydrogen-bond acceptors (Lipinski definition) is 3. The zero-order chi connectivity index (χ0) is 7.61. The van der Waals surface area contributed by atoms with Crippen LogP contribution in [-0.4, -0.2) is 15.4 Å². The van der Waals surface area contributed by atoms with E-state index in [9.17, 15) is 13.2 Å². The van der Waals surface area contributed by atoms with Gasteiger partial charge in [0.2, 0.25) is 0 Å². The van der Waals surface area contributed by atoms with E-state index in [-0.39, 0.29) is 0 Å². The molecule has 10 heavy (non-hydrogen) atoms. The maximum atomic E-state index is 11.6. The largest absolute Gasteiger partial charge is 0.420 e. The van der Waals surface area contributed by atoms with E-state index in [1.807, 2.05) is 0 Å². The normalized spacial score (nSPS) is 11.5. The predicted molar refractivity (Wildman–Crippen MR) is 23.7 cm³/mol. The lowest BCUT2D eigenvalue weighted by molar-refractivity contribution is -0.138. The van der Waals surface area contributed by atoms with Crippen LogP contribution in [0.3, 0.4) is 0 Å². The van der Waals surface area contributed by atoms with E-state index in [4.69, 9.17) is 0 Å². The van der Waals surface area contributed by atoms with E-state index in [1.54, 1.807) is 6.20 Å². The van der Waals surface area contributed by atoms with E-state index < -0.39 is 11.7 Å². The van der Waals surface area contributed by atoms with Gasteiger partial charge in [-0.25, -0.2) is 0 Å². The van der Waals surface area contributed by atoms with Gasteiger partial charge in [0.05, 0.1) is 6.20 Å². The number of halogens is 3. The first kappa shape index (κ1) is 6.91. The summed E-state index contributed by atoms with van der Waals surface area (Å²) in [5, 5.41) is 8.69. The van der Waals surface area contributed by atoms with Crippen LogP contribution in [0.5, 0.6) is 0 Å². The molecule has 0 amide bonds. The molecule has 0 aliphatic rings. The van der Waals surface area contributed by atoms with Crippen molar-refractivity contribution in [3.63, 3.8) is 0 Å². The van der Waals surface area contributed by atoms with E-state index in [0.29, 0.717) is 6.20 Å². The lowest BCUT2D eigenvalue weighted by Gasteiger charge is -2.01. The minimum absolute atomic E-state index is 0.562. The third-order valence-corrected chi connectivity index (χ3v) is 0.759. The molecule has 0 aromatic carbocycles. The minimum Gasteiger partial charge on any atom is -0.166 e. The van der Waals surface area contributed by atoms with E-state index in [2.05, 4.69) is 15.4 Å². The van der Waals surface area contributed by atoms with Crippen LogP contribution in [-0.2, 0) is 6.18 Å². The van der Waals surface area contributed by atoms with Crippen molar-refractivity contribution < 1.29 is 13.2 Å². The lowest BCUT2D eigenvalue weighted by atomic mass is 10.3. The molecule has 1 heterocycles. The molecule has 0 aliphatic carbocycles. The summed E-state index contributed by atoms with van der Waals surface area (Å²) >= 11 is 0. The second-order valence-corrected chi connectivity index (χ2v) is 1.46. The number of rotatable bonds is 0. The van der Waals surface area contributed by atoms with Gasteiger partial charge in [-0.15, -0.1) is 10.2 Å². The summed E-state index contributed by atoms with van der Waals surface area (Å²) < 4.78 is 34.9. The molecule has 1 aromatic rings. The molecule has 1 rings (SSSR count). The van der Waals surface area contributed by atoms with Crippen LogP contribution in [0.4, 0.5) is 13.2 Å². The van der Waals surface area contributed by atoms with Gasteiger partial charge < -0.3 is 0 Å². The third-order valence-electron chi connectivity index (χ3n) is 0.759. The average molecular weight is 148 g/mol. The zero-order valence-corrected chi connectivity index (χ0v) is 4.55. The van der Waals surface area contributed by atoms with Crippen molar-refractivity contribution >= 4 is 0 Å². The summed E-state index contributed by atoms with van der Waals surface area (Å²) in [5.41, 5.74) is -1.01. The summed E-state index contributed by atoms with van der Waals surface area (Å²) in [6.45, 7) is 0. The fourth-order valence-electron chi connectivity index (χ4n) is 0.351. The molecule has 1 radical (unpaired) electrons. The molecular formula is C4HF3N3. The van der Waals surface area contributed by atoms with Crippen molar-refractivity contribution in [3.05, 3.63) is 18.0 Å². The van der Waals surface area contributed by atoms with Crippen LogP contribution in [0.25, 0.3) is 0 Å². The van der Waals surface area contributed by atoms with Crippen LogP contribution in [0.2, 0.25) is 0 Å². The van der Waals surface area contributed by atoms with Gasteiger partial charge in [-0.05, 0) is 5.21 Å². The monoisotopic (exact) mass is 148 g/mol. The van der Waals surface area contributed by atoms with Crippen LogP contribution >= 0.6 is 0 Å².